The maximum atomic E-state index is 12.2. The Bertz CT molecular complexity index is 397. The molecule has 19 heavy (non-hydrogen) atoms. The molecule has 108 valence electrons. The predicted octanol–water partition coefficient (Wildman–Crippen LogP) is 4.01. The summed E-state index contributed by atoms with van der Waals surface area (Å²) in [6.45, 7) is 5.43. The van der Waals surface area contributed by atoms with Crippen LogP contribution in [0.2, 0.25) is 5.02 Å². The first-order valence-electron chi connectivity index (χ1n) is 7.05. The van der Waals surface area contributed by atoms with Crippen LogP contribution >= 0.6 is 11.6 Å². The molecule has 1 aromatic carbocycles. The molecule has 0 aromatic heterocycles. The smallest absolute Gasteiger partial charge is 0.0574 e. The third-order valence-corrected chi connectivity index (χ3v) is 5.09. The summed E-state index contributed by atoms with van der Waals surface area (Å²) in [6.07, 6.45) is 4.32. The largest absolute Gasteiger partial charge is 0.314 e. The van der Waals surface area contributed by atoms with E-state index in [4.69, 9.17) is 11.6 Å². The monoisotopic (exact) mass is 301 g/mol. The van der Waals surface area contributed by atoms with Crippen molar-refractivity contribution in [3.8, 4) is 0 Å². The van der Waals surface area contributed by atoms with Gasteiger partial charge in [0, 0.05) is 11.8 Å². The highest BCUT2D eigenvalue weighted by Gasteiger charge is 2.10. The number of rotatable bonds is 9. The highest BCUT2D eigenvalue weighted by Crippen LogP contribution is 2.19. The van der Waals surface area contributed by atoms with Crippen molar-refractivity contribution < 1.29 is 4.21 Å². The van der Waals surface area contributed by atoms with Gasteiger partial charge in [0.1, 0.15) is 0 Å². The Morgan fingerprint density at radius 2 is 2.05 bits per heavy atom. The van der Waals surface area contributed by atoms with Gasteiger partial charge in [-0.3, -0.25) is 4.21 Å². The lowest BCUT2D eigenvalue weighted by Crippen LogP contribution is -2.29. The van der Waals surface area contributed by atoms with Crippen molar-refractivity contribution in [1.82, 2.24) is 5.32 Å². The lowest BCUT2D eigenvalue weighted by atomic mass is 10.1. The van der Waals surface area contributed by atoms with Gasteiger partial charge in [0.25, 0.3) is 0 Å². The number of halogens is 1. The van der Waals surface area contributed by atoms with Gasteiger partial charge in [-0.2, -0.15) is 0 Å². The van der Waals surface area contributed by atoms with Crippen LogP contribution in [0.25, 0.3) is 0 Å². The van der Waals surface area contributed by atoms with E-state index in [1.807, 2.05) is 18.2 Å². The highest BCUT2D eigenvalue weighted by molar-refractivity contribution is 7.85. The Balaban J connectivity index is 2.36. The van der Waals surface area contributed by atoms with E-state index in [1.165, 1.54) is 0 Å². The molecule has 0 saturated carbocycles. The van der Waals surface area contributed by atoms with Gasteiger partial charge in [-0.15, -0.1) is 0 Å². The number of nitrogens with one attached hydrogen (secondary N) is 1. The lowest BCUT2D eigenvalue weighted by Gasteiger charge is -2.16. The fraction of sp³-hybridized carbons (Fsp3) is 0.600. The van der Waals surface area contributed by atoms with Crippen molar-refractivity contribution >= 4 is 22.4 Å². The van der Waals surface area contributed by atoms with Crippen molar-refractivity contribution in [3.05, 3.63) is 29.3 Å². The first-order chi connectivity index (χ1) is 9.19. The van der Waals surface area contributed by atoms with Crippen molar-refractivity contribution in [2.75, 3.05) is 12.3 Å². The summed E-state index contributed by atoms with van der Waals surface area (Å²) in [4.78, 5) is 0.763. The van der Waals surface area contributed by atoms with Crippen molar-refractivity contribution in [3.63, 3.8) is 0 Å². The van der Waals surface area contributed by atoms with Crippen LogP contribution in [0.15, 0.2) is 29.2 Å². The molecular formula is C15H24ClNOS. The normalized spacial score (nSPS) is 14.3. The van der Waals surface area contributed by atoms with Crippen LogP contribution < -0.4 is 5.32 Å². The summed E-state index contributed by atoms with van der Waals surface area (Å²) < 4.78 is 12.2. The molecule has 1 aromatic rings. The van der Waals surface area contributed by atoms with E-state index in [0.717, 1.165) is 37.1 Å². The van der Waals surface area contributed by atoms with E-state index in [2.05, 4.69) is 19.2 Å². The van der Waals surface area contributed by atoms with Gasteiger partial charge in [0.2, 0.25) is 0 Å². The molecule has 0 heterocycles. The minimum absolute atomic E-state index is 0.545. The van der Waals surface area contributed by atoms with Gasteiger partial charge in [-0.25, -0.2) is 0 Å². The maximum absolute atomic E-state index is 12.2. The summed E-state index contributed by atoms with van der Waals surface area (Å²) in [5, 5.41) is 4.13. The molecule has 0 spiro atoms. The Kier molecular flexibility index (Phi) is 8.35. The Morgan fingerprint density at radius 3 is 2.68 bits per heavy atom. The van der Waals surface area contributed by atoms with Crippen LogP contribution in [0.1, 0.15) is 39.5 Å². The van der Waals surface area contributed by atoms with Crippen molar-refractivity contribution in [1.29, 1.82) is 0 Å². The second-order valence-corrected chi connectivity index (χ2v) is 6.63. The average molecular weight is 302 g/mol. The fourth-order valence-electron chi connectivity index (χ4n) is 2.00. The molecule has 0 saturated heterocycles. The molecule has 0 aliphatic heterocycles. The molecule has 0 aliphatic rings. The Morgan fingerprint density at radius 1 is 1.32 bits per heavy atom. The van der Waals surface area contributed by atoms with Gasteiger partial charge in [0.05, 0.1) is 20.7 Å². The predicted molar refractivity (Wildman–Crippen MR) is 84.3 cm³/mol. The van der Waals surface area contributed by atoms with Gasteiger partial charge < -0.3 is 5.32 Å². The molecule has 1 rings (SSSR count). The maximum Gasteiger partial charge on any atom is 0.0574 e. The first-order valence-corrected chi connectivity index (χ1v) is 8.75. The molecule has 2 unspecified atom stereocenters. The summed E-state index contributed by atoms with van der Waals surface area (Å²) in [5.41, 5.74) is 0. The minimum atomic E-state index is -0.979. The molecule has 0 bridgehead atoms. The summed E-state index contributed by atoms with van der Waals surface area (Å²) >= 11 is 6.05. The summed E-state index contributed by atoms with van der Waals surface area (Å²) in [5.74, 6) is 0.689. The second-order valence-electron chi connectivity index (χ2n) is 4.68. The Hall–Kier alpha value is -0.380. The molecule has 0 amide bonds. The zero-order valence-corrected chi connectivity index (χ0v) is 13.4. The molecule has 2 nitrogen and oxygen atoms in total. The summed E-state index contributed by atoms with van der Waals surface area (Å²) in [6, 6.07) is 7.95. The van der Waals surface area contributed by atoms with Gasteiger partial charge in [0.15, 0.2) is 0 Å². The third-order valence-electron chi connectivity index (χ3n) is 3.14. The topological polar surface area (TPSA) is 29.1 Å². The molecular weight excluding hydrogens is 278 g/mol. The van der Waals surface area contributed by atoms with Crippen LogP contribution in [-0.4, -0.2) is 22.5 Å². The SMILES string of the molecule is CCCNC(CC)CCCS(=O)c1ccccc1Cl. The van der Waals surface area contributed by atoms with E-state index in [1.54, 1.807) is 6.07 Å². The zero-order chi connectivity index (χ0) is 14.1. The van der Waals surface area contributed by atoms with Crippen molar-refractivity contribution in [2.45, 2.75) is 50.5 Å². The van der Waals surface area contributed by atoms with E-state index >= 15 is 0 Å². The van der Waals surface area contributed by atoms with Gasteiger partial charge >= 0.3 is 0 Å². The van der Waals surface area contributed by atoms with Gasteiger partial charge in [-0.05, 0) is 44.4 Å². The summed E-state index contributed by atoms with van der Waals surface area (Å²) in [7, 11) is -0.979. The third kappa shape index (κ3) is 6.07. The van der Waals surface area contributed by atoms with Crippen LogP contribution in [0.5, 0.6) is 0 Å². The molecule has 0 fully saturated rings. The molecule has 2 atom stereocenters. The molecule has 1 N–H and O–H groups in total. The zero-order valence-electron chi connectivity index (χ0n) is 11.8. The first kappa shape index (κ1) is 16.7. The van der Waals surface area contributed by atoms with E-state index in [9.17, 15) is 4.21 Å². The standard InChI is InChI=1S/C15H24ClNOS/c1-3-11-17-13(4-2)8-7-12-19(18)15-10-6-5-9-14(15)16/h5-6,9-10,13,17H,3-4,7-8,11-12H2,1-2H3. The molecule has 0 radical (unpaired) electrons. The van der Waals surface area contributed by atoms with Crippen LogP contribution in [0, 0.1) is 0 Å². The average Bonchev–Trinajstić information content (AvgIpc) is 2.42. The van der Waals surface area contributed by atoms with Crippen LogP contribution in [0.4, 0.5) is 0 Å². The lowest BCUT2D eigenvalue weighted by molar-refractivity contribution is 0.464. The van der Waals surface area contributed by atoms with Crippen molar-refractivity contribution in [2.24, 2.45) is 0 Å². The van der Waals surface area contributed by atoms with E-state index in [-0.39, 0.29) is 0 Å². The number of benzene rings is 1. The van der Waals surface area contributed by atoms with Gasteiger partial charge in [-0.1, -0.05) is 37.6 Å². The highest BCUT2D eigenvalue weighted by atomic mass is 35.5. The fourth-order valence-corrected chi connectivity index (χ4v) is 3.56. The Labute approximate surface area is 124 Å². The number of hydrogen-bond acceptors (Lipinski definition) is 2. The van der Waals surface area contributed by atoms with E-state index < -0.39 is 10.8 Å². The second kappa shape index (κ2) is 9.51. The minimum Gasteiger partial charge on any atom is -0.314 e. The van der Waals surface area contributed by atoms with E-state index in [0.29, 0.717) is 16.8 Å². The van der Waals surface area contributed by atoms with Crippen LogP contribution in [-0.2, 0) is 10.8 Å². The number of hydrogen-bond donors (Lipinski definition) is 1. The molecule has 4 heteroatoms. The molecule has 0 aliphatic carbocycles. The van der Waals surface area contributed by atoms with Crippen LogP contribution in [0.3, 0.4) is 0 Å². The quantitative estimate of drug-likeness (QED) is 0.747.